The average Bonchev–Trinajstić information content (AvgIpc) is 3.26. The van der Waals surface area contributed by atoms with E-state index in [-0.39, 0.29) is 24.4 Å². The summed E-state index contributed by atoms with van der Waals surface area (Å²) < 4.78 is 5.21. The fourth-order valence-electron chi connectivity index (χ4n) is 3.27. The van der Waals surface area contributed by atoms with E-state index >= 15 is 0 Å². The molecular weight excluding hydrogens is 312 g/mol. The van der Waals surface area contributed by atoms with Crippen LogP contribution in [0, 0.1) is 5.92 Å². The highest BCUT2D eigenvalue weighted by atomic mass is 35.5. The lowest BCUT2D eigenvalue weighted by Gasteiger charge is -2.20. The minimum atomic E-state index is 0. The van der Waals surface area contributed by atoms with Gasteiger partial charge in [0.2, 0.25) is 5.91 Å². The van der Waals surface area contributed by atoms with Gasteiger partial charge >= 0.3 is 0 Å². The van der Waals surface area contributed by atoms with Crippen LogP contribution in [0.25, 0.3) is 0 Å². The molecule has 23 heavy (non-hydrogen) atoms. The number of nitrogens with one attached hydrogen (secondary N) is 2. The SMILES string of the molecule is COc1ccc(C(NC(=O)CCC2CCCN2)C2CC2)cc1.Cl. The van der Waals surface area contributed by atoms with Crippen LogP contribution in [0.5, 0.6) is 5.75 Å². The number of carbonyl (C=O) groups excluding carboxylic acids is 1. The first-order valence-corrected chi connectivity index (χ1v) is 8.43. The topological polar surface area (TPSA) is 50.4 Å². The molecule has 0 aromatic heterocycles. The molecule has 0 spiro atoms. The van der Waals surface area contributed by atoms with E-state index in [0.29, 0.717) is 18.4 Å². The molecule has 0 radical (unpaired) electrons. The second-order valence-corrected chi connectivity index (χ2v) is 6.49. The Balaban J connectivity index is 0.00000192. The summed E-state index contributed by atoms with van der Waals surface area (Å²) in [7, 11) is 1.67. The zero-order valence-corrected chi connectivity index (χ0v) is 14.5. The van der Waals surface area contributed by atoms with E-state index in [1.54, 1.807) is 7.11 Å². The highest BCUT2D eigenvalue weighted by molar-refractivity contribution is 5.85. The van der Waals surface area contributed by atoms with Gasteiger partial charge in [-0.3, -0.25) is 4.79 Å². The predicted octanol–water partition coefficient (Wildman–Crippen LogP) is 3.22. The maximum absolute atomic E-state index is 12.3. The van der Waals surface area contributed by atoms with Crippen molar-refractivity contribution in [1.82, 2.24) is 10.6 Å². The van der Waals surface area contributed by atoms with Crippen LogP contribution < -0.4 is 15.4 Å². The van der Waals surface area contributed by atoms with Crippen molar-refractivity contribution in [2.75, 3.05) is 13.7 Å². The van der Waals surface area contributed by atoms with Crippen LogP contribution in [0.15, 0.2) is 24.3 Å². The third kappa shape index (κ3) is 5.11. The van der Waals surface area contributed by atoms with E-state index in [1.807, 2.05) is 12.1 Å². The third-order valence-electron chi connectivity index (χ3n) is 4.77. The lowest BCUT2D eigenvalue weighted by Crippen LogP contribution is -2.31. The van der Waals surface area contributed by atoms with E-state index in [4.69, 9.17) is 4.74 Å². The summed E-state index contributed by atoms with van der Waals surface area (Å²) >= 11 is 0. The molecule has 1 aliphatic heterocycles. The maximum atomic E-state index is 12.3. The lowest BCUT2D eigenvalue weighted by atomic mass is 10.0. The lowest BCUT2D eigenvalue weighted by molar-refractivity contribution is -0.122. The normalized spacial score (nSPS) is 21.3. The number of benzene rings is 1. The second kappa shape index (κ2) is 8.55. The molecule has 1 aromatic rings. The standard InChI is InChI=1S/C18H26N2O2.ClH/c1-22-16-9-6-14(7-10-16)18(13-4-5-13)20-17(21)11-8-15-3-2-12-19-15;/h6-7,9-10,13,15,18-19H,2-5,8,11-12H2,1H3,(H,20,21);1H. The Labute approximate surface area is 144 Å². The van der Waals surface area contributed by atoms with Crippen molar-refractivity contribution in [2.45, 2.75) is 50.6 Å². The van der Waals surface area contributed by atoms with Gasteiger partial charge in [-0.05, 0) is 62.3 Å². The first-order valence-electron chi connectivity index (χ1n) is 8.43. The van der Waals surface area contributed by atoms with Crippen LogP contribution >= 0.6 is 12.4 Å². The maximum Gasteiger partial charge on any atom is 0.220 e. The van der Waals surface area contributed by atoms with E-state index in [9.17, 15) is 4.79 Å². The number of hydrogen-bond acceptors (Lipinski definition) is 3. The molecule has 1 aromatic carbocycles. The van der Waals surface area contributed by atoms with Gasteiger partial charge in [-0.25, -0.2) is 0 Å². The van der Waals surface area contributed by atoms with Gasteiger partial charge in [0.05, 0.1) is 13.2 Å². The van der Waals surface area contributed by atoms with Gasteiger partial charge in [0.25, 0.3) is 0 Å². The first kappa shape index (κ1) is 18.1. The fourth-order valence-corrected chi connectivity index (χ4v) is 3.27. The van der Waals surface area contributed by atoms with Crippen molar-refractivity contribution in [2.24, 2.45) is 5.92 Å². The van der Waals surface area contributed by atoms with Crippen LogP contribution in [0.1, 0.15) is 50.1 Å². The highest BCUT2D eigenvalue weighted by Gasteiger charge is 2.33. The van der Waals surface area contributed by atoms with Gasteiger partial charge in [-0.15, -0.1) is 12.4 Å². The number of rotatable bonds is 7. The summed E-state index contributed by atoms with van der Waals surface area (Å²) in [5.41, 5.74) is 1.19. The third-order valence-corrected chi connectivity index (χ3v) is 4.77. The molecule has 1 aliphatic carbocycles. The molecule has 3 rings (SSSR count). The van der Waals surface area contributed by atoms with Crippen molar-refractivity contribution in [3.05, 3.63) is 29.8 Å². The minimum absolute atomic E-state index is 0. The molecule has 2 N–H and O–H groups in total. The van der Waals surface area contributed by atoms with Crippen molar-refractivity contribution in [3.8, 4) is 5.75 Å². The predicted molar refractivity (Wildman–Crippen MR) is 94.1 cm³/mol. The first-order chi connectivity index (χ1) is 10.8. The molecule has 128 valence electrons. The molecule has 2 fully saturated rings. The van der Waals surface area contributed by atoms with Gasteiger partial charge in [0.1, 0.15) is 5.75 Å². The largest absolute Gasteiger partial charge is 0.497 e. The molecule has 0 bridgehead atoms. The quantitative estimate of drug-likeness (QED) is 0.802. The Hall–Kier alpha value is -1.26. The summed E-state index contributed by atoms with van der Waals surface area (Å²) in [5.74, 6) is 1.64. The number of hydrogen-bond donors (Lipinski definition) is 2. The molecule has 2 aliphatic rings. The smallest absolute Gasteiger partial charge is 0.220 e. The van der Waals surface area contributed by atoms with Crippen LogP contribution in [-0.2, 0) is 4.79 Å². The summed E-state index contributed by atoms with van der Waals surface area (Å²) in [6.45, 7) is 1.10. The number of carbonyl (C=O) groups is 1. The Morgan fingerprint density at radius 3 is 2.61 bits per heavy atom. The molecule has 4 nitrogen and oxygen atoms in total. The summed E-state index contributed by atoms with van der Waals surface area (Å²) in [5, 5.41) is 6.70. The van der Waals surface area contributed by atoms with Gasteiger partial charge < -0.3 is 15.4 Å². The highest BCUT2D eigenvalue weighted by Crippen LogP contribution is 2.41. The van der Waals surface area contributed by atoms with Gasteiger partial charge in [0, 0.05) is 12.5 Å². The molecule has 2 unspecified atom stereocenters. The van der Waals surface area contributed by atoms with Crippen LogP contribution in [0.4, 0.5) is 0 Å². The Bertz CT molecular complexity index is 496. The molecule has 5 heteroatoms. The number of amides is 1. The molecular formula is C18H27ClN2O2. The van der Waals surface area contributed by atoms with Crippen molar-refractivity contribution >= 4 is 18.3 Å². The van der Waals surface area contributed by atoms with Crippen molar-refractivity contribution < 1.29 is 9.53 Å². The Kier molecular flexibility index (Phi) is 6.72. The van der Waals surface area contributed by atoms with E-state index in [0.717, 1.165) is 18.7 Å². The molecule has 1 heterocycles. The van der Waals surface area contributed by atoms with Gasteiger partial charge in [0.15, 0.2) is 0 Å². The molecule has 1 saturated carbocycles. The van der Waals surface area contributed by atoms with E-state index in [1.165, 1.54) is 31.2 Å². The van der Waals surface area contributed by atoms with Gasteiger partial charge in [-0.1, -0.05) is 12.1 Å². The van der Waals surface area contributed by atoms with Crippen molar-refractivity contribution in [3.63, 3.8) is 0 Å². The van der Waals surface area contributed by atoms with E-state index in [2.05, 4.69) is 22.8 Å². The van der Waals surface area contributed by atoms with Crippen LogP contribution in [0.2, 0.25) is 0 Å². The average molecular weight is 339 g/mol. The molecule has 1 amide bonds. The second-order valence-electron chi connectivity index (χ2n) is 6.49. The number of methoxy groups -OCH3 is 1. The van der Waals surface area contributed by atoms with Crippen molar-refractivity contribution in [1.29, 1.82) is 0 Å². The van der Waals surface area contributed by atoms with Gasteiger partial charge in [-0.2, -0.15) is 0 Å². The fraction of sp³-hybridized carbons (Fsp3) is 0.611. The van der Waals surface area contributed by atoms with E-state index < -0.39 is 0 Å². The van der Waals surface area contributed by atoms with Crippen LogP contribution in [0.3, 0.4) is 0 Å². The Morgan fingerprint density at radius 2 is 2.04 bits per heavy atom. The Morgan fingerprint density at radius 1 is 1.30 bits per heavy atom. The minimum Gasteiger partial charge on any atom is -0.497 e. The zero-order valence-electron chi connectivity index (χ0n) is 13.7. The summed E-state index contributed by atoms with van der Waals surface area (Å²) in [4.78, 5) is 12.3. The monoisotopic (exact) mass is 338 g/mol. The number of halogens is 1. The van der Waals surface area contributed by atoms with Crippen LogP contribution in [-0.4, -0.2) is 25.6 Å². The molecule has 2 atom stereocenters. The number of ether oxygens (including phenoxy) is 1. The molecule has 1 saturated heterocycles. The summed E-state index contributed by atoms with van der Waals surface area (Å²) in [6, 6.07) is 8.78. The summed E-state index contributed by atoms with van der Waals surface area (Å²) in [6.07, 6.45) is 6.44. The zero-order chi connectivity index (χ0) is 15.4.